The minimum Gasteiger partial charge on any atom is -0.466 e. The highest BCUT2D eigenvalue weighted by molar-refractivity contribution is 7.98. The Balaban J connectivity index is 1.68. The van der Waals surface area contributed by atoms with Crippen LogP contribution in [0.25, 0.3) is 0 Å². The van der Waals surface area contributed by atoms with Crippen LogP contribution in [-0.4, -0.2) is 31.7 Å². The molecule has 2 aliphatic rings. The molecule has 0 saturated carbocycles. The molecule has 1 aromatic rings. The Morgan fingerprint density at radius 3 is 2.65 bits per heavy atom. The van der Waals surface area contributed by atoms with Crippen LogP contribution < -0.4 is 5.32 Å². The van der Waals surface area contributed by atoms with Gasteiger partial charge in [-0.25, -0.2) is 9.59 Å². The normalized spacial score (nSPS) is 23.9. The van der Waals surface area contributed by atoms with Gasteiger partial charge in [0.05, 0.1) is 24.9 Å². The molecule has 0 saturated heterocycles. The number of esters is 1. The van der Waals surface area contributed by atoms with Gasteiger partial charge in [0.1, 0.15) is 0 Å². The number of carbonyl (C=O) groups excluding carboxylic acids is 2. The van der Waals surface area contributed by atoms with E-state index >= 15 is 0 Å². The van der Waals surface area contributed by atoms with Gasteiger partial charge in [-0.3, -0.25) is 5.32 Å². The molecule has 0 fully saturated rings. The predicted molar refractivity (Wildman–Crippen MR) is 98.7 cm³/mol. The number of methoxy groups -OCH3 is 1. The molecule has 1 aliphatic carbocycles. The Morgan fingerprint density at radius 2 is 2.00 bits per heavy atom. The summed E-state index contributed by atoms with van der Waals surface area (Å²) >= 11 is 1.63. The number of carbonyl (C=O) groups is 2. The van der Waals surface area contributed by atoms with E-state index in [0.29, 0.717) is 17.7 Å². The Hall–Kier alpha value is -2.41. The van der Waals surface area contributed by atoms with Gasteiger partial charge >= 0.3 is 12.1 Å². The minimum absolute atomic E-state index is 0.102. The number of allylic oxidation sites excluding steroid dienone is 1. The van der Waals surface area contributed by atoms with Crippen LogP contribution in [0.2, 0.25) is 0 Å². The van der Waals surface area contributed by atoms with Crippen LogP contribution >= 0.6 is 11.8 Å². The molecule has 0 aromatic heterocycles. The third-order valence-electron chi connectivity index (χ3n) is 4.66. The number of benzene rings is 1. The van der Waals surface area contributed by atoms with Gasteiger partial charge < -0.3 is 14.2 Å². The lowest BCUT2D eigenvalue weighted by molar-refractivity contribution is -0.141. The molecule has 3 unspecified atom stereocenters. The third-order valence-corrected chi connectivity index (χ3v) is 5.40. The number of fused-ring (bicyclic) bond motifs is 1. The van der Waals surface area contributed by atoms with Gasteiger partial charge in [0.2, 0.25) is 0 Å². The second-order valence-electron chi connectivity index (χ2n) is 6.14. The highest BCUT2D eigenvalue weighted by atomic mass is 32.2. The highest BCUT2D eigenvalue weighted by Gasteiger charge is 2.44. The quantitative estimate of drug-likeness (QED) is 0.488. The molecule has 1 amide bonds. The standard InChI is InChI=1S/C19H21NO5S/c1-11-4-9-14-15(17(21)23-2)10-24-18(16(11)14)25-19(22)20-12-5-7-13(26-3)8-6-12/h4-8,10,14,16,18H,9H2,1-3H3,(H,20,22). The molecule has 7 heteroatoms. The summed E-state index contributed by atoms with van der Waals surface area (Å²) in [4.78, 5) is 25.3. The molecular weight excluding hydrogens is 354 g/mol. The second kappa shape index (κ2) is 7.86. The SMILES string of the molecule is COC(=O)C1=COC(OC(=O)Nc2ccc(SC)cc2)C2C(C)=CCC12. The van der Waals surface area contributed by atoms with Crippen LogP contribution in [0, 0.1) is 11.8 Å². The second-order valence-corrected chi connectivity index (χ2v) is 7.02. The van der Waals surface area contributed by atoms with Crippen molar-refractivity contribution in [1.29, 1.82) is 0 Å². The lowest BCUT2D eigenvalue weighted by atomic mass is 9.84. The summed E-state index contributed by atoms with van der Waals surface area (Å²) in [5.41, 5.74) is 2.15. The van der Waals surface area contributed by atoms with E-state index in [4.69, 9.17) is 14.2 Å². The Morgan fingerprint density at radius 1 is 1.27 bits per heavy atom. The van der Waals surface area contributed by atoms with Gasteiger partial charge in [-0.05, 0) is 43.9 Å². The van der Waals surface area contributed by atoms with Gasteiger partial charge in [0.15, 0.2) is 0 Å². The summed E-state index contributed by atoms with van der Waals surface area (Å²) in [6.07, 6.45) is 4.69. The van der Waals surface area contributed by atoms with Crippen molar-refractivity contribution >= 4 is 29.5 Å². The van der Waals surface area contributed by atoms with E-state index in [-0.39, 0.29) is 11.8 Å². The van der Waals surface area contributed by atoms with Crippen molar-refractivity contribution in [2.24, 2.45) is 11.8 Å². The fourth-order valence-corrected chi connectivity index (χ4v) is 3.70. The Bertz CT molecular complexity index is 756. The molecule has 1 aromatic carbocycles. The number of thioether (sulfide) groups is 1. The van der Waals surface area contributed by atoms with Gasteiger partial charge in [0, 0.05) is 16.5 Å². The molecule has 3 atom stereocenters. The molecule has 1 N–H and O–H groups in total. The van der Waals surface area contributed by atoms with E-state index < -0.39 is 18.4 Å². The maximum Gasteiger partial charge on any atom is 0.414 e. The molecule has 1 heterocycles. The van der Waals surface area contributed by atoms with E-state index in [1.54, 1.807) is 11.8 Å². The van der Waals surface area contributed by atoms with Crippen LogP contribution in [0.4, 0.5) is 10.5 Å². The van der Waals surface area contributed by atoms with E-state index in [0.717, 1.165) is 10.5 Å². The van der Waals surface area contributed by atoms with Crippen molar-refractivity contribution in [2.45, 2.75) is 24.5 Å². The van der Waals surface area contributed by atoms with Crippen molar-refractivity contribution < 1.29 is 23.8 Å². The number of nitrogens with one attached hydrogen (secondary N) is 1. The molecule has 1 aliphatic heterocycles. The van der Waals surface area contributed by atoms with Crippen LogP contribution in [0.5, 0.6) is 0 Å². The third kappa shape index (κ3) is 3.72. The molecule has 138 valence electrons. The van der Waals surface area contributed by atoms with Crippen LogP contribution in [0.1, 0.15) is 13.3 Å². The smallest absolute Gasteiger partial charge is 0.414 e. The first kappa shape index (κ1) is 18.4. The summed E-state index contributed by atoms with van der Waals surface area (Å²) < 4.78 is 15.9. The molecule has 26 heavy (non-hydrogen) atoms. The zero-order valence-corrected chi connectivity index (χ0v) is 15.7. The number of ether oxygens (including phenoxy) is 3. The zero-order chi connectivity index (χ0) is 18.7. The first-order valence-corrected chi connectivity index (χ1v) is 9.48. The van der Waals surface area contributed by atoms with Crippen LogP contribution in [0.15, 0.2) is 52.6 Å². The minimum atomic E-state index is -0.780. The summed E-state index contributed by atoms with van der Waals surface area (Å²) in [6.45, 7) is 1.95. The average Bonchev–Trinajstić information content (AvgIpc) is 3.04. The maximum absolute atomic E-state index is 12.3. The van der Waals surface area contributed by atoms with Gasteiger partial charge in [-0.1, -0.05) is 11.6 Å². The van der Waals surface area contributed by atoms with E-state index in [1.165, 1.54) is 13.4 Å². The molecular formula is C19H21NO5S. The first-order valence-electron chi connectivity index (χ1n) is 8.25. The number of amides is 1. The largest absolute Gasteiger partial charge is 0.466 e. The molecule has 6 nitrogen and oxygen atoms in total. The fourth-order valence-electron chi connectivity index (χ4n) is 3.30. The summed E-state index contributed by atoms with van der Waals surface area (Å²) in [5.74, 6) is -0.714. The number of anilines is 1. The average molecular weight is 375 g/mol. The summed E-state index contributed by atoms with van der Waals surface area (Å²) in [5, 5.41) is 2.70. The van der Waals surface area contributed by atoms with E-state index in [2.05, 4.69) is 5.32 Å². The first-order chi connectivity index (χ1) is 12.5. The van der Waals surface area contributed by atoms with Crippen molar-refractivity contribution in [1.82, 2.24) is 0 Å². The lowest BCUT2D eigenvalue weighted by Gasteiger charge is -2.33. The topological polar surface area (TPSA) is 73.9 Å². The number of rotatable bonds is 4. The predicted octanol–water partition coefficient (Wildman–Crippen LogP) is 3.95. The maximum atomic E-state index is 12.3. The van der Waals surface area contributed by atoms with Crippen molar-refractivity contribution in [3.8, 4) is 0 Å². The lowest BCUT2D eigenvalue weighted by Crippen LogP contribution is -2.38. The Labute approximate surface area is 156 Å². The molecule has 0 bridgehead atoms. The Kier molecular flexibility index (Phi) is 5.56. The number of hydrogen-bond donors (Lipinski definition) is 1. The number of hydrogen-bond acceptors (Lipinski definition) is 6. The van der Waals surface area contributed by atoms with Crippen molar-refractivity contribution in [3.05, 3.63) is 47.7 Å². The molecule has 0 spiro atoms. The highest BCUT2D eigenvalue weighted by Crippen LogP contribution is 2.43. The van der Waals surface area contributed by atoms with Crippen molar-refractivity contribution in [3.63, 3.8) is 0 Å². The van der Waals surface area contributed by atoms with Crippen LogP contribution in [0.3, 0.4) is 0 Å². The zero-order valence-electron chi connectivity index (χ0n) is 14.9. The summed E-state index contributed by atoms with van der Waals surface area (Å²) in [6, 6.07) is 7.46. The van der Waals surface area contributed by atoms with Crippen LogP contribution in [-0.2, 0) is 19.0 Å². The molecule has 0 radical (unpaired) electrons. The van der Waals surface area contributed by atoms with Gasteiger partial charge in [0.25, 0.3) is 6.29 Å². The monoisotopic (exact) mass is 375 g/mol. The van der Waals surface area contributed by atoms with E-state index in [9.17, 15) is 9.59 Å². The fraction of sp³-hybridized carbons (Fsp3) is 0.368. The van der Waals surface area contributed by atoms with Gasteiger partial charge in [-0.2, -0.15) is 0 Å². The van der Waals surface area contributed by atoms with Crippen molar-refractivity contribution in [2.75, 3.05) is 18.7 Å². The molecule has 3 rings (SSSR count). The summed E-state index contributed by atoms with van der Waals surface area (Å²) in [7, 11) is 1.34. The van der Waals surface area contributed by atoms with Gasteiger partial charge in [-0.15, -0.1) is 11.8 Å². The van der Waals surface area contributed by atoms with E-state index in [1.807, 2.05) is 43.5 Å².